The first-order valence-corrected chi connectivity index (χ1v) is 11.5. The number of carbonyl (C=O) groups is 1. The first-order chi connectivity index (χ1) is 15.8. The van der Waals surface area contributed by atoms with Crippen molar-refractivity contribution in [3.8, 4) is 22.4 Å². The molecule has 3 N–H and O–H groups in total. The van der Waals surface area contributed by atoms with Gasteiger partial charge in [-0.1, -0.05) is 24.3 Å². The summed E-state index contributed by atoms with van der Waals surface area (Å²) >= 11 is 0. The normalized spacial score (nSPS) is 11.5. The highest BCUT2D eigenvalue weighted by Gasteiger charge is 2.24. The SMILES string of the molecule is CNCc1cc(-c2ccccc2F)n(S(=O)(=O)c2cncc(-c3cccc(C(N)=O)c3)c2)c1. The number of halogens is 1. The quantitative estimate of drug-likeness (QED) is 0.436. The molecule has 0 aliphatic rings. The maximum absolute atomic E-state index is 14.6. The zero-order valence-electron chi connectivity index (χ0n) is 17.7. The Bertz CT molecular complexity index is 1450. The summed E-state index contributed by atoms with van der Waals surface area (Å²) in [6.07, 6.45) is 4.20. The topological polar surface area (TPSA) is 107 Å². The average Bonchev–Trinajstić information content (AvgIpc) is 3.24. The molecule has 2 heterocycles. The zero-order chi connectivity index (χ0) is 23.6. The molecule has 0 saturated carbocycles. The van der Waals surface area contributed by atoms with E-state index in [1.807, 2.05) is 0 Å². The summed E-state index contributed by atoms with van der Waals surface area (Å²) in [7, 11) is -2.38. The molecule has 4 rings (SSSR count). The fourth-order valence-corrected chi connectivity index (χ4v) is 4.93. The van der Waals surface area contributed by atoms with Gasteiger partial charge in [0.25, 0.3) is 10.0 Å². The van der Waals surface area contributed by atoms with Gasteiger partial charge in [-0.05, 0) is 54.6 Å². The van der Waals surface area contributed by atoms with E-state index in [0.717, 1.165) is 3.97 Å². The summed E-state index contributed by atoms with van der Waals surface area (Å²) in [5, 5.41) is 2.97. The van der Waals surface area contributed by atoms with E-state index < -0.39 is 21.7 Å². The van der Waals surface area contributed by atoms with Crippen molar-refractivity contribution in [2.24, 2.45) is 5.73 Å². The Kier molecular flexibility index (Phi) is 6.08. The van der Waals surface area contributed by atoms with Crippen molar-refractivity contribution in [1.82, 2.24) is 14.3 Å². The monoisotopic (exact) mass is 464 g/mol. The van der Waals surface area contributed by atoms with Crippen LogP contribution in [0.25, 0.3) is 22.4 Å². The lowest BCUT2D eigenvalue weighted by Crippen LogP contribution is -2.14. The summed E-state index contributed by atoms with van der Waals surface area (Å²) in [6.45, 7) is 0.405. The molecule has 0 bridgehead atoms. The van der Waals surface area contributed by atoms with Gasteiger partial charge in [0.1, 0.15) is 10.7 Å². The van der Waals surface area contributed by atoms with Gasteiger partial charge in [-0.15, -0.1) is 0 Å². The minimum atomic E-state index is -4.12. The summed E-state index contributed by atoms with van der Waals surface area (Å²) in [5.74, 6) is -1.12. The number of rotatable bonds is 7. The third-order valence-electron chi connectivity index (χ3n) is 5.12. The molecule has 0 radical (unpaired) electrons. The molecule has 0 fully saturated rings. The number of carbonyl (C=O) groups excluding carboxylic acids is 1. The highest BCUT2D eigenvalue weighted by molar-refractivity contribution is 7.90. The van der Waals surface area contributed by atoms with Crippen LogP contribution in [-0.2, 0) is 16.6 Å². The smallest absolute Gasteiger partial charge is 0.269 e. The van der Waals surface area contributed by atoms with Gasteiger partial charge in [-0.25, -0.2) is 16.8 Å². The van der Waals surface area contributed by atoms with E-state index in [0.29, 0.717) is 28.8 Å². The number of hydrogen-bond donors (Lipinski definition) is 2. The average molecular weight is 465 g/mol. The van der Waals surface area contributed by atoms with Crippen molar-refractivity contribution in [3.63, 3.8) is 0 Å². The number of aromatic nitrogens is 2. The van der Waals surface area contributed by atoms with Crippen LogP contribution in [-0.4, -0.2) is 30.3 Å². The molecular weight excluding hydrogens is 443 g/mol. The van der Waals surface area contributed by atoms with E-state index in [-0.39, 0.29) is 16.2 Å². The van der Waals surface area contributed by atoms with Crippen molar-refractivity contribution < 1.29 is 17.6 Å². The predicted molar refractivity (Wildman–Crippen MR) is 123 cm³/mol. The van der Waals surface area contributed by atoms with Crippen LogP contribution in [0.4, 0.5) is 4.39 Å². The Balaban J connectivity index is 1.85. The summed E-state index contributed by atoms with van der Waals surface area (Å²) < 4.78 is 42.9. The first kappa shape index (κ1) is 22.4. The number of primary amides is 1. The maximum Gasteiger partial charge on any atom is 0.269 e. The van der Waals surface area contributed by atoms with E-state index >= 15 is 0 Å². The largest absolute Gasteiger partial charge is 0.366 e. The second-order valence-corrected chi connectivity index (χ2v) is 9.21. The van der Waals surface area contributed by atoms with Crippen LogP contribution in [0.5, 0.6) is 0 Å². The van der Waals surface area contributed by atoms with Crippen molar-refractivity contribution >= 4 is 15.9 Å². The molecule has 2 aromatic heterocycles. The van der Waals surface area contributed by atoms with Crippen LogP contribution >= 0.6 is 0 Å². The Morgan fingerprint density at radius 2 is 1.85 bits per heavy atom. The maximum atomic E-state index is 14.6. The number of amides is 1. The second kappa shape index (κ2) is 8.97. The second-order valence-electron chi connectivity index (χ2n) is 7.40. The van der Waals surface area contributed by atoms with Crippen LogP contribution in [0.3, 0.4) is 0 Å². The van der Waals surface area contributed by atoms with Gasteiger partial charge in [0.15, 0.2) is 0 Å². The molecule has 0 unspecified atom stereocenters. The molecule has 0 aliphatic heterocycles. The molecule has 0 saturated heterocycles. The predicted octanol–water partition coefficient (Wildman–Crippen LogP) is 3.41. The molecule has 168 valence electrons. The van der Waals surface area contributed by atoms with Crippen molar-refractivity contribution in [2.75, 3.05) is 7.05 Å². The molecule has 7 nitrogen and oxygen atoms in total. The number of nitrogens with one attached hydrogen (secondary N) is 1. The fourth-order valence-electron chi connectivity index (χ4n) is 3.55. The number of hydrogen-bond acceptors (Lipinski definition) is 5. The lowest BCUT2D eigenvalue weighted by atomic mass is 10.0. The van der Waals surface area contributed by atoms with Gasteiger partial charge >= 0.3 is 0 Å². The molecule has 9 heteroatoms. The minimum absolute atomic E-state index is 0.0753. The number of nitrogens with two attached hydrogens (primary N) is 1. The van der Waals surface area contributed by atoms with Crippen LogP contribution in [0.15, 0.2) is 84.1 Å². The fraction of sp³-hybridized carbons (Fsp3) is 0.0833. The van der Waals surface area contributed by atoms with Crippen molar-refractivity contribution in [1.29, 1.82) is 0 Å². The standard InChI is InChI=1S/C24H21FN4O3S/c1-27-12-16-9-23(21-7-2-3-8-22(21)25)29(15-16)33(31,32)20-11-19(13-28-14-20)17-5-4-6-18(10-17)24(26)30/h2-11,13-15,27H,12H2,1H3,(H2,26,30). The van der Waals surface area contributed by atoms with Gasteiger partial charge in [-0.3, -0.25) is 9.78 Å². The molecule has 0 aliphatic carbocycles. The zero-order valence-corrected chi connectivity index (χ0v) is 18.5. The van der Waals surface area contributed by atoms with E-state index in [1.165, 1.54) is 36.8 Å². The highest BCUT2D eigenvalue weighted by Crippen LogP contribution is 2.30. The molecule has 0 spiro atoms. The van der Waals surface area contributed by atoms with Gasteiger partial charge in [0.05, 0.1) is 5.69 Å². The number of pyridine rings is 1. The molecule has 4 aromatic rings. The van der Waals surface area contributed by atoms with Crippen LogP contribution in [0.2, 0.25) is 0 Å². The van der Waals surface area contributed by atoms with E-state index in [2.05, 4.69) is 10.3 Å². The van der Waals surface area contributed by atoms with E-state index in [9.17, 15) is 17.6 Å². The molecule has 2 aromatic carbocycles. The Morgan fingerprint density at radius 1 is 1.06 bits per heavy atom. The molecule has 1 amide bonds. The third kappa shape index (κ3) is 4.41. The van der Waals surface area contributed by atoms with Gasteiger partial charge in [-0.2, -0.15) is 0 Å². The molecule has 0 atom stereocenters. The summed E-state index contributed by atoms with van der Waals surface area (Å²) in [5.41, 5.74) is 7.79. The molecule has 33 heavy (non-hydrogen) atoms. The van der Waals surface area contributed by atoms with E-state index in [1.54, 1.807) is 49.5 Å². The van der Waals surface area contributed by atoms with Gasteiger partial charge in [0.2, 0.25) is 5.91 Å². The molecular formula is C24H21FN4O3S. The van der Waals surface area contributed by atoms with Crippen LogP contribution in [0, 0.1) is 5.82 Å². The Hall–Kier alpha value is -3.82. The van der Waals surface area contributed by atoms with E-state index in [4.69, 9.17) is 5.73 Å². The summed E-state index contributed by atoms with van der Waals surface area (Å²) in [6, 6.07) is 15.6. The van der Waals surface area contributed by atoms with Crippen molar-refractivity contribution in [3.05, 3.63) is 96.2 Å². The third-order valence-corrected chi connectivity index (χ3v) is 6.76. The number of nitrogens with zero attached hydrogens (tertiary/aromatic N) is 2. The Morgan fingerprint density at radius 3 is 2.58 bits per heavy atom. The first-order valence-electron chi connectivity index (χ1n) is 10.0. The van der Waals surface area contributed by atoms with Crippen LogP contribution in [0.1, 0.15) is 15.9 Å². The van der Waals surface area contributed by atoms with Gasteiger partial charge in [0, 0.05) is 41.8 Å². The van der Waals surface area contributed by atoms with Crippen molar-refractivity contribution in [2.45, 2.75) is 11.4 Å². The lowest BCUT2D eigenvalue weighted by molar-refractivity contribution is 0.100. The minimum Gasteiger partial charge on any atom is -0.366 e. The Labute approximate surface area is 190 Å². The summed E-state index contributed by atoms with van der Waals surface area (Å²) in [4.78, 5) is 15.5. The lowest BCUT2D eigenvalue weighted by Gasteiger charge is -2.12. The van der Waals surface area contributed by atoms with Crippen LogP contribution < -0.4 is 11.1 Å². The highest BCUT2D eigenvalue weighted by atomic mass is 32.2. The van der Waals surface area contributed by atoms with Gasteiger partial charge < -0.3 is 11.1 Å². The number of benzene rings is 2.